The first-order valence-corrected chi connectivity index (χ1v) is 5.08. The maximum atomic E-state index is 8.48. The normalized spacial score (nSPS) is 8.60. The predicted octanol–water partition coefficient (Wildman–Crippen LogP) is 4.14. The second kappa shape index (κ2) is 18.1. The van der Waals surface area contributed by atoms with E-state index in [1.165, 1.54) is 6.08 Å². The molecule has 0 saturated carbocycles. The van der Waals surface area contributed by atoms with E-state index in [9.17, 15) is 0 Å². The molecule has 0 fully saturated rings. The second-order valence-corrected chi connectivity index (χ2v) is 1.85. The Morgan fingerprint density at radius 1 is 1.07 bits per heavy atom. The Morgan fingerprint density at radius 2 is 1.53 bits per heavy atom. The summed E-state index contributed by atoms with van der Waals surface area (Å²) in [5.74, 6) is 0. The average molecular weight is 204 g/mol. The van der Waals surface area contributed by atoms with E-state index in [1.807, 2.05) is 39.8 Å². The van der Waals surface area contributed by atoms with Crippen molar-refractivity contribution in [1.29, 1.82) is 10.5 Å². The van der Waals surface area contributed by atoms with Gasteiger partial charge < -0.3 is 0 Å². The second-order valence-electron chi connectivity index (χ2n) is 1.85. The first kappa shape index (κ1) is 18.9. The number of allylic oxidation sites excluding steroid dienone is 5. The summed E-state index contributed by atoms with van der Waals surface area (Å²) < 4.78 is 0. The van der Waals surface area contributed by atoms with Crippen LogP contribution in [0, 0.1) is 22.7 Å². The van der Waals surface area contributed by atoms with E-state index in [-0.39, 0.29) is 0 Å². The molecule has 0 amide bonds. The monoisotopic (exact) mass is 204 g/mol. The third-order valence-corrected chi connectivity index (χ3v) is 0.949. The number of hydrogen-bond acceptors (Lipinski definition) is 2. The van der Waals surface area contributed by atoms with Crippen molar-refractivity contribution in [2.75, 3.05) is 0 Å². The van der Waals surface area contributed by atoms with E-state index in [2.05, 4.69) is 6.58 Å². The summed E-state index contributed by atoms with van der Waals surface area (Å²) in [6, 6.07) is 3.76. The summed E-state index contributed by atoms with van der Waals surface area (Å²) in [4.78, 5) is 0. The molecular formula is C13H20N2. The van der Waals surface area contributed by atoms with Gasteiger partial charge in [-0.1, -0.05) is 40.3 Å². The standard InChI is InChI=1S/C9H8N2.2C2H6/c1-3-4-9(7-11)5-8(2)6-10;2*1-2/h3-5H,2H2,1H3;2*1-2H3/b4-3-,9-5+;;. The van der Waals surface area contributed by atoms with Crippen molar-refractivity contribution < 1.29 is 0 Å². The summed E-state index contributed by atoms with van der Waals surface area (Å²) in [7, 11) is 0. The molecule has 0 bridgehead atoms. The molecule has 0 radical (unpaired) electrons. The Labute approximate surface area is 93.8 Å². The van der Waals surface area contributed by atoms with Crippen molar-refractivity contribution in [2.45, 2.75) is 34.6 Å². The molecule has 0 aromatic heterocycles. The molecule has 0 atom stereocenters. The van der Waals surface area contributed by atoms with Crippen LogP contribution in [0.3, 0.4) is 0 Å². The van der Waals surface area contributed by atoms with Crippen LogP contribution in [0.15, 0.2) is 36.0 Å². The van der Waals surface area contributed by atoms with Gasteiger partial charge in [0.2, 0.25) is 0 Å². The molecule has 0 aromatic rings. The largest absolute Gasteiger partial charge is 0.192 e. The third-order valence-electron chi connectivity index (χ3n) is 0.949. The van der Waals surface area contributed by atoms with Crippen LogP contribution in [0.2, 0.25) is 0 Å². The minimum absolute atomic E-state index is 0.291. The van der Waals surface area contributed by atoms with E-state index in [4.69, 9.17) is 10.5 Å². The Bertz CT molecular complexity index is 283. The maximum Gasteiger partial charge on any atom is 0.0991 e. The first-order chi connectivity index (χ1) is 7.24. The van der Waals surface area contributed by atoms with Crippen LogP contribution in [0.1, 0.15) is 34.6 Å². The van der Waals surface area contributed by atoms with Crippen molar-refractivity contribution in [2.24, 2.45) is 0 Å². The predicted molar refractivity (Wildman–Crippen MR) is 66.0 cm³/mol. The molecule has 0 heterocycles. The molecule has 0 aromatic carbocycles. The molecule has 0 saturated heterocycles. The molecule has 0 rings (SSSR count). The molecule has 0 N–H and O–H groups in total. The number of nitrogens with zero attached hydrogens (tertiary/aromatic N) is 2. The molecular weight excluding hydrogens is 184 g/mol. The fourth-order valence-corrected chi connectivity index (χ4v) is 0.517. The zero-order chi connectivity index (χ0) is 12.7. The Morgan fingerprint density at radius 3 is 1.80 bits per heavy atom. The molecule has 0 aliphatic carbocycles. The summed E-state index contributed by atoms with van der Waals surface area (Å²) in [6.45, 7) is 13.2. The highest BCUT2D eigenvalue weighted by molar-refractivity contribution is 5.43. The van der Waals surface area contributed by atoms with Gasteiger partial charge in [0.15, 0.2) is 0 Å². The van der Waals surface area contributed by atoms with Crippen LogP contribution in [-0.2, 0) is 0 Å². The van der Waals surface area contributed by atoms with Crippen LogP contribution in [0.4, 0.5) is 0 Å². The van der Waals surface area contributed by atoms with Crippen LogP contribution >= 0.6 is 0 Å². The first-order valence-electron chi connectivity index (χ1n) is 5.08. The van der Waals surface area contributed by atoms with Crippen LogP contribution in [0.5, 0.6) is 0 Å². The van der Waals surface area contributed by atoms with Gasteiger partial charge in [0.1, 0.15) is 0 Å². The van der Waals surface area contributed by atoms with Gasteiger partial charge in [0.05, 0.1) is 17.7 Å². The van der Waals surface area contributed by atoms with Gasteiger partial charge in [0.25, 0.3) is 0 Å². The molecule has 2 heteroatoms. The fraction of sp³-hybridized carbons (Fsp3) is 0.385. The minimum Gasteiger partial charge on any atom is -0.192 e. The fourth-order valence-electron chi connectivity index (χ4n) is 0.517. The highest BCUT2D eigenvalue weighted by Crippen LogP contribution is 1.99. The summed E-state index contributed by atoms with van der Waals surface area (Å²) in [5, 5.41) is 16.8. The van der Waals surface area contributed by atoms with Gasteiger partial charge >= 0.3 is 0 Å². The van der Waals surface area contributed by atoms with E-state index >= 15 is 0 Å². The number of rotatable bonds is 2. The number of nitriles is 2. The van der Waals surface area contributed by atoms with Gasteiger partial charge in [-0.25, -0.2) is 0 Å². The van der Waals surface area contributed by atoms with Crippen molar-refractivity contribution in [3.05, 3.63) is 36.0 Å². The lowest BCUT2D eigenvalue weighted by molar-refractivity contribution is 1.47. The van der Waals surface area contributed by atoms with Crippen molar-refractivity contribution in [1.82, 2.24) is 0 Å². The van der Waals surface area contributed by atoms with Crippen LogP contribution in [-0.4, -0.2) is 0 Å². The Hall–Kier alpha value is -1.80. The van der Waals surface area contributed by atoms with Crippen molar-refractivity contribution in [3.63, 3.8) is 0 Å². The van der Waals surface area contributed by atoms with Crippen molar-refractivity contribution in [3.8, 4) is 12.1 Å². The molecule has 0 unspecified atom stereocenters. The molecule has 0 spiro atoms. The van der Waals surface area contributed by atoms with Crippen molar-refractivity contribution >= 4 is 0 Å². The van der Waals surface area contributed by atoms with Gasteiger partial charge in [0, 0.05) is 5.57 Å². The minimum atomic E-state index is 0.291. The third kappa shape index (κ3) is 15.0. The molecule has 82 valence electrons. The topological polar surface area (TPSA) is 47.6 Å². The van der Waals surface area contributed by atoms with E-state index < -0.39 is 0 Å². The summed E-state index contributed by atoms with van der Waals surface area (Å²) in [5.41, 5.74) is 0.735. The smallest absolute Gasteiger partial charge is 0.0991 e. The Balaban J connectivity index is -0.000000318. The lowest BCUT2D eigenvalue weighted by atomic mass is 10.2. The highest BCUT2D eigenvalue weighted by Gasteiger charge is 1.88. The zero-order valence-electron chi connectivity index (χ0n) is 10.3. The van der Waals surface area contributed by atoms with Crippen LogP contribution < -0.4 is 0 Å². The quantitative estimate of drug-likeness (QED) is 0.501. The lowest BCUT2D eigenvalue weighted by Crippen LogP contribution is -1.73. The summed E-state index contributed by atoms with van der Waals surface area (Å²) in [6.07, 6.45) is 4.81. The van der Waals surface area contributed by atoms with E-state index in [0.29, 0.717) is 11.1 Å². The average Bonchev–Trinajstić information content (AvgIpc) is 2.33. The van der Waals surface area contributed by atoms with E-state index in [1.54, 1.807) is 19.1 Å². The lowest BCUT2D eigenvalue weighted by Gasteiger charge is -1.84. The maximum absolute atomic E-state index is 8.48. The summed E-state index contributed by atoms with van der Waals surface area (Å²) >= 11 is 0. The zero-order valence-corrected chi connectivity index (χ0v) is 10.3. The SMILES string of the molecule is C=C(C#N)/C=C(C#N)\C=C/C.CC.CC. The highest BCUT2D eigenvalue weighted by atomic mass is 14.2. The van der Waals surface area contributed by atoms with E-state index in [0.717, 1.165) is 0 Å². The van der Waals surface area contributed by atoms with Gasteiger partial charge in [-0.3, -0.25) is 0 Å². The molecule has 0 aliphatic heterocycles. The molecule has 0 aliphatic rings. The molecule has 2 nitrogen and oxygen atoms in total. The number of hydrogen-bond donors (Lipinski definition) is 0. The van der Waals surface area contributed by atoms with Gasteiger partial charge in [-0.05, 0) is 19.1 Å². The van der Waals surface area contributed by atoms with Gasteiger partial charge in [-0.2, -0.15) is 10.5 Å². The van der Waals surface area contributed by atoms with Crippen LogP contribution in [0.25, 0.3) is 0 Å². The molecule has 15 heavy (non-hydrogen) atoms. The van der Waals surface area contributed by atoms with Gasteiger partial charge in [-0.15, -0.1) is 0 Å². The Kier molecular flexibility index (Phi) is 22.8.